The summed E-state index contributed by atoms with van der Waals surface area (Å²) < 4.78 is 32.5. The molecule has 0 aliphatic rings. The summed E-state index contributed by atoms with van der Waals surface area (Å²) in [5, 5.41) is 16.7. The summed E-state index contributed by atoms with van der Waals surface area (Å²) in [6.07, 6.45) is 2.71. The molecule has 0 rings (SSSR count). The van der Waals surface area contributed by atoms with Gasteiger partial charge in [0.1, 0.15) is 6.61 Å². The molecule has 13 heteroatoms. The zero-order valence-corrected chi connectivity index (χ0v) is 21.0. The third-order valence-electron chi connectivity index (χ3n) is 2.82. The average Bonchev–Trinajstić information content (AvgIpc) is 2.50. The first-order chi connectivity index (χ1) is 12.1. The topological polar surface area (TPSA) is 193 Å². The maximum atomic E-state index is 11.3. The van der Waals surface area contributed by atoms with Gasteiger partial charge < -0.3 is 45.2 Å². The van der Waals surface area contributed by atoms with Gasteiger partial charge in [0.25, 0.3) is 0 Å². The summed E-state index contributed by atoms with van der Waals surface area (Å²) in [4.78, 5) is 26.6. The van der Waals surface area contributed by atoms with Gasteiger partial charge in [0.15, 0.2) is 0 Å². The van der Waals surface area contributed by atoms with Crippen LogP contribution in [-0.4, -0.2) is 48.3 Å². The molecular formula is C15H34NO10PZn. The minimum absolute atomic E-state index is 0. The molecule has 0 aliphatic heterocycles. The van der Waals surface area contributed by atoms with Gasteiger partial charge in [-0.2, -0.15) is 0 Å². The van der Waals surface area contributed by atoms with Gasteiger partial charge in [-0.3, -0.25) is 0 Å². The SMILES string of the molecule is CCCCOCC(OCCCC)(OCCCC)OP(=O)(O)O.N.O=C([O-])[O-].[Zn+2]. The molecule has 0 aliphatic carbocycles. The van der Waals surface area contributed by atoms with Crippen molar-refractivity contribution in [3.05, 3.63) is 0 Å². The molecule has 0 aromatic rings. The number of unbranched alkanes of at least 4 members (excludes halogenated alkanes) is 3. The second kappa shape index (κ2) is 21.5. The molecule has 0 bridgehead atoms. The van der Waals surface area contributed by atoms with E-state index in [0.29, 0.717) is 6.61 Å². The number of hydrogen-bond acceptors (Lipinski definition) is 9. The molecular weight excluding hydrogens is 451 g/mol. The third-order valence-corrected chi connectivity index (χ3v) is 3.33. The summed E-state index contributed by atoms with van der Waals surface area (Å²) in [5.41, 5.74) is 0. The Balaban J connectivity index is -0.000000435. The molecule has 0 saturated heterocycles. The molecule has 0 aromatic carbocycles. The van der Waals surface area contributed by atoms with Crippen LogP contribution in [0.3, 0.4) is 0 Å². The van der Waals surface area contributed by atoms with E-state index in [0.717, 1.165) is 38.5 Å². The fraction of sp³-hybridized carbons (Fsp3) is 0.933. The van der Waals surface area contributed by atoms with Crippen LogP contribution in [0.4, 0.5) is 4.79 Å². The molecule has 0 radical (unpaired) electrons. The number of phosphoric ester groups is 1. The first kappa shape index (κ1) is 35.3. The van der Waals surface area contributed by atoms with Crippen molar-refractivity contribution in [2.75, 3.05) is 26.4 Å². The number of rotatable bonds is 15. The minimum atomic E-state index is -4.77. The summed E-state index contributed by atoms with van der Waals surface area (Å²) in [6, 6.07) is 0. The molecule has 5 N–H and O–H groups in total. The zero-order chi connectivity index (χ0) is 20.5. The monoisotopic (exact) mass is 483 g/mol. The van der Waals surface area contributed by atoms with Crippen LogP contribution in [0.5, 0.6) is 0 Å². The second-order valence-corrected chi connectivity index (χ2v) is 6.49. The smallest absolute Gasteiger partial charge is 0.652 e. The molecule has 0 saturated carbocycles. The second-order valence-electron chi connectivity index (χ2n) is 5.33. The molecule has 0 fully saturated rings. The summed E-state index contributed by atoms with van der Waals surface area (Å²) in [7, 11) is -4.77. The van der Waals surface area contributed by atoms with Gasteiger partial charge in [-0.05, 0) is 25.4 Å². The van der Waals surface area contributed by atoms with Crippen molar-refractivity contribution in [1.29, 1.82) is 0 Å². The molecule has 0 unspecified atom stereocenters. The Morgan fingerprint density at radius 2 is 1.29 bits per heavy atom. The fourth-order valence-electron chi connectivity index (χ4n) is 1.57. The van der Waals surface area contributed by atoms with E-state index in [9.17, 15) is 4.57 Å². The van der Waals surface area contributed by atoms with Gasteiger partial charge >= 0.3 is 33.3 Å². The predicted molar refractivity (Wildman–Crippen MR) is 93.7 cm³/mol. The van der Waals surface area contributed by atoms with Crippen molar-refractivity contribution in [3.63, 3.8) is 0 Å². The van der Waals surface area contributed by atoms with Crippen molar-refractivity contribution < 1.29 is 67.6 Å². The van der Waals surface area contributed by atoms with Gasteiger partial charge in [0.2, 0.25) is 0 Å². The van der Waals surface area contributed by atoms with E-state index in [4.69, 9.17) is 43.5 Å². The van der Waals surface area contributed by atoms with Gasteiger partial charge in [0.05, 0.1) is 13.2 Å². The fourth-order valence-corrected chi connectivity index (χ4v) is 2.09. The van der Waals surface area contributed by atoms with E-state index >= 15 is 0 Å². The molecule has 166 valence electrons. The van der Waals surface area contributed by atoms with Crippen molar-refractivity contribution in [1.82, 2.24) is 6.15 Å². The Morgan fingerprint density at radius 1 is 0.929 bits per heavy atom. The van der Waals surface area contributed by atoms with Crippen molar-refractivity contribution in [2.45, 2.75) is 65.3 Å². The Bertz CT molecular complexity index is 383. The van der Waals surface area contributed by atoms with Gasteiger partial charge in [-0.15, -0.1) is 0 Å². The van der Waals surface area contributed by atoms with E-state index in [1.54, 1.807) is 0 Å². The Hall–Kier alpha value is -0.157. The van der Waals surface area contributed by atoms with E-state index in [1.807, 2.05) is 20.8 Å². The number of phosphoric acid groups is 1. The zero-order valence-electron chi connectivity index (χ0n) is 17.1. The number of hydrogen-bond donors (Lipinski definition) is 3. The predicted octanol–water partition coefficient (Wildman–Crippen LogP) is 0.912. The van der Waals surface area contributed by atoms with Crippen molar-refractivity contribution >= 4 is 14.0 Å². The Labute approximate surface area is 179 Å². The number of carbonyl (C=O) groups is 1. The molecule has 28 heavy (non-hydrogen) atoms. The largest absolute Gasteiger partial charge is 2.00 e. The molecule has 0 spiro atoms. The van der Waals surface area contributed by atoms with Crippen LogP contribution in [-0.2, 0) is 42.8 Å². The maximum Gasteiger partial charge on any atom is 2.00 e. The minimum Gasteiger partial charge on any atom is -0.652 e. The van der Waals surface area contributed by atoms with Crippen LogP contribution in [0.15, 0.2) is 0 Å². The van der Waals surface area contributed by atoms with Crippen LogP contribution in [0.1, 0.15) is 59.3 Å². The third kappa shape index (κ3) is 25.8. The maximum absolute atomic E-state index is 11.3. The van der Waals surface area contributed by atoms with E-state index in [2.05, 4.69) is 0 Å². The first-order valence-corrected chi connectivity index (χ1v) is 10.1. The molecule has 0 heterocycles. The summed E-state index contributed by atoms with van der Waals surface area (Å²) in [6.45, 7) is 6.84. The van der Waals surface area contributed by atoms with Crippen LogP contribution < -0.4 is 16.4 Å². The average molecular weight is 485 g/mol. The van der Waals surface area contributed by atoms with Crippen LogP contribution in [0, 0.1) is 0 Å². The molecule has 11 nitrogen and oxygen atoms in total. The van der Waals surface area contributed by atoms with E-state index < -0.39 is 20.0 Å². The van der Waals surface area contributed by atoms with Gasteiger partial charge in [0, 0.05) is 6.61 Å². The standard InChI is InChI=1S/C14H31O7P.CH2O3.H3N.Zn/c1-4-7-10-18-13-14(19-11-8-5-2,20-12-9-6-3)21-22(15,16)17;2-1(3)4;;/h4-13H2,1-3H3,(H2,15,16,17);(H2,2,3,4);1H3;/q;;;+2/p-2. The molecule has 0 aromatic heterocycles. The van der Waals surface area contributed by atoms with Gasteiger partial charge in [-0.1, -0.05) is 40.0 Å². The van der Waals surface area contributed by atoms with Crippen LogP contribution in [0.2, 0.25) is 0 Å². The van der Waals surface area contributed by atoms with E-state index in [-0.39, 0.29) is 45.4 Å². The number of carbonyl (C=O) groups excluding carboxylic acids is 1. The van der Waals surface area contributed by atoms with E-state index in [1.165, 1.54) is 0 Å². The summed E-state index contributed by atoms with van der Waals surface area (Å²) >= 11 is 0. The molecule has 0 atom stereocenters. The number of carboxylic acid groups (broad SMARTS) is 2. The number of ether oxygens (including phenoxy) is 3. The summed E-state index contributed by atoms with van der Waals surface area (Å²) in [5.74, 6) is -1.85. The van der Waals surface area contributed by atoms with Crippen LogP contribution >= 0.6 is 7.82 Å². The molecule has 0 amide bonds. The Kier molecular flexibility index (Phi) is 27.2. The normalized spacial score (nSPS) is 10.9. The van der Waals surface area contributed by atoms with Gasteiger partial charge in [-0.25, -0.2) is 9.09 Å². The van der Waals surface area contributed by atoms with Crippen LogP contribution in [0.25, 0.3) is 0 Å². The van der Waals surface area contributed by atoms with Crippen molar-refractivity contribution in [2.24, 2.45) is 0 Å². The Morgan fingerprint density at radius 3 is 1.61 bits per heavy atom. The first-order valence-electron chi connectivity index (χ1n) is 8.62. The van der Waals surface area contributed by atoms with Crippen molar-refractivity contribution in [3.8, 4) is 0 Å². The quantitative estimate of drug-likeness (QED) is 0.129.